The molecule has 0 aromatic rings. The van der Waals surface area contributed by atoms with Crippen LogP contribution in [0.2, 0.25) is 0 Å². The van der Waals surface area contributed by atoms with Crippen LogP contribution in [0.1, 0.15) is 32.6 Å². The molecule has 0 fully saturated rings. The van der Waals surface area contributed by atoms with Gasteiger partial charge in [0.1, 0.15) is 0 Å². The zero-order chi connectivity index (χ0) is 10.5. The quantitative estimate of drug-likeness (QED) is 0.470. The van der Waals surface area contributed by atoms with Crippen LogP contribution in [0.4, 0.5) is 0 Å². The van der Waals surface area contributed by atoms with Gasteiger partial charge in [0, 0.05) is 19.3 Å². The van der Waals surface area contributed by atoms with E-state index in [2.05, 4.69) is 0 Å². The Hall–Kier alpha value is -0.160. The predicted molar refractivity (Wildman–Crippen MR) is 55.3 cm³/mol. The molecule has 1 unspecified atom stereocenters. The molecule has 4 nitrogen and oxygen atoms in total. The van der Waals surface area contributed by atoms with Gasteiger partial charge in [0.2, 0.25) is 0 Å². The van der Waals surface area contributed by atoms with Crippen molar-refractivity contribution in [3.63, 3.8) is 0 Å². The maximum atomic E-state index is 8.40. The first kappa shape index (κ1) is 15.3. The van der Waals surface area contributed by atoms with Crippen LogP contribution in [-0.4, -0.2) is 36.0 Å². The number of hydrogen-bond donors (Lipinski definition) is 4. The Balaban J connectivity index is 0. The smallest absolute Gasteiger partial charge is 0.0431 e. The fourth-order valence-corrected chi connectivity index (χ4v) is 0.712. The second-order valence-corrected chi connectivity index (χ2v) is 2.93. The number of hydrogen-bond acceptors (Lipinski definition) is 4. The van der Waals surface area contributed by atoms with Crippen LogP contribution in [0.3, 0.4) is 0 Å². The minimum Gasteiger partial charge on any atom is -0.396 e. The summed E-state index contributed by atoms with van der Waals surface area (Å²) in [4.78, 5) is 0. The minimum atomic E-state index is 0.183. The highest BCUT2D eigenvalue weighted by atomic mass is 16.3. The maximum Gasteiger partial charge on any atom is 0.0431 e. The third kappa shape index (κ3) is 18.7. The third-order valence-electron chi connectivity index (χ3n) is 1.49. The molecule has 0 aliphatic carbocycles. The Morgan fingerprint density at radius 1 is 1.15 bits per heavy atom. The van der Waals surface area contributed by atoms with Gasteiger partial charge in [0.05, 0.1) is 0 Å². The van der Waals surface area contributed by atoms with E-state index in [0.29, 0.717) is 13.2 Å². The first-order valence-corrected chi connectivity index (χ1v) is 4.90. The van der Waals surface area contributed by atoms with Crippen molar-refractivity contribution in [2.24, 2.45) is 11.5 Å². The van der Waals surface area contributed by atoms with Gasteiger partial charge in [0.25, 0.3) is 0 Å². The molecule has 0 bridgehead atoms. The Bertz CT molecular complexity index is 80.0. The van der Waals surface area contributed by atoms with Crippen LogP contribution >= 0.6 is 0 Å². The molecule has 0 amide bonds. The lowest BCUT2D eigenvalue weighted by atomic mass is 10.1. The molecule has 0 aromatic carbocycles. The molecule has 4 heteroatoms. The van der Waals surface area contributed by atoms with E-state index in [0.717, 1.165) is 25.7 Å². The van der Waals surface area contributed by atoms with Crippen molar-refractivity contribution in [2.45, 2.75) is 38.6 Å². The van der Waals surface area contributed by atoms with Crippen LogP contribution in [0.25, 0.3) is 0 Å². The second kappa shape index (κ2) is 14.4. The fourth-order valence-electron chi connectivity index (χ4n) is 0.712. The average Bonchev–Trinajstić information content (AvgIpc) is 2.16. The lowest BCUT2D eigenvalue weighted by Crippen LogP contribution is -2.23. The van der Waals surface area contributed by atoms with Crippen molar-refractivity contribution in [3.05, 3.63) is 0 Å². The van der Waals surface area contributed by atoms with E-state index < -0.39 is 0 Å². The second-order valence-electron chi connectivity index (χ2n) is 2.93. The molecule has 13 heavy (non-hydrogen) atoms. The molecule has 82 valence electrons. The number of nitrogens with two attached hydrogens (primary N) is 2. The molecule has 0 aliphatic heterocycles. The molecule has 0 aliphatic rings. The van der Waals surface area contributed by atoms with Gasteiger partial charge in [-0.1, -0.05) is 6.92 Å². The summed E-state index contributed by atoms with van der Waals surface area (Å²) in [6.45, 7) is 3.13. The van der Waals surface area contributed by atoms with Crippen LogP contribution in [-0.2, 0) is 0 Å². The van der Waals surface area contributed by atoms with E-state index in [1.54, 1.807) is 0 Å². The predicted octanol–water partition coefficient (Wildman–Crippen LogP) is -0.176. The van der Waals surface area contributed by atoms with Gasteiger partial charge in [-0.2, -0.15) is 0 Å². The molecule has 0 saturated heterocycles. The molecule has 0 heterocycles. The number of aliphatic hydroxyl groups is 2. The number of aliphatic hydroxyl groups excluding tert-OH is 2. The first-order chi connectivity index (χ1) is 6.22. The van der Waals surface area contributed by atoms with Gasteiger partial charge in [-0.3, -0.25) is 0 Å². The molecule has 6 N–H and O–H groups in total. The van der Waals surface area contributed by atoms with E-state index in [4.69, 9.17) is 21.7 Å². The van der Waals surface area contributed by atoms with Crippen molar-refractivity contribution in [1.29, 1.82) is 0 Å². The van der Waals surface area contributed by atoms with Gasteiger partial charge < -0.3 is 21.7 Å². The van der Waals surface area contributed by atoms with E-state index in [1.807, 2.05) is 6.92 Å². The maximum absolute atomic E-state index is 8.40. The molecule has 0 aromatic heterocycles. The Morgan fingerprint density at radius 3 is 2.00 bits per heavy atom. The summed E-state index contributed by atoms with van der Waals surface area (Å²) in [6.07, 6.45) is 3.41. The van der Waals surface area contributed by atoms with Crippen LogP contribution in [0.15, 0.2) is 0 Å². The molecule has 0 radical (unpaired) electrons. The summed E-state index contributed by atoms with van der Waals surface area (Å²) in [6, 6.07) is 0.183. The summed E-state index contributed by atoms with van der Waals surface area (Å²) < 4.78 is 0. The number of rotatable bonds is 6. The van der Waals surface area contributed by atoms with Crippen LogP contribution in [0, 0.1) is 0 Å². The molecule has 0 rings (SSSR count). The Labute approximate surface area is 80.9 Å². The minimum absolute atomic E-state index is 0.183. The lowest BCUT2D eigenvalue weighted by Gasteiger charge is -2.07. The van der Waals surface area contributed by atoms with Gasteiger partial charge in [-0.05, 0) is 32.2 Å². The highest BCUT2D eigenvalue weighted by molar-refractivity contribution is 4.60. The normalized spacial score (nSPS) is 11.8. The van der Waals surface area contributed by atoms with E-state index >= 15 is 0 Å². The Kier molecular flexibility index (Phi) is 16.9. The van der Waals surface area contributed by atoms with Gasteiger partial charge >= 0.3 is 0 Å². The summed E-state index contributed by atoms with van der Waals surface area (Å²) in [5, 5.41) is 16.3. The lowest BCUT2D eigenvalue weighted by molar-refractivity contribution is 0.278. The third-order valence-corrected chi connectivity index (χ3v) is 1.49. The van der Waals surface area contributed by atoms with Crippen LogP contribution < -0.4 is 11.5 Å². The summed E-state index contributed by atoms with van der Waals surface area (Å²) in [7, 11) is 0. The van der Waals surface area contributed by atoms with E-state index in [1.165, 1.54) is 0 Å². The molecular weight excluding hydrogens is 168 g/mol. The van der Waals surface area contributed by atoms with E-state index in [-0.39, 0.29) is 12.6 Å². The van der Waals surface area contributed by atoms with Crippen molar-refractivity contribution in [3.8, 4) is 0 Å². The summed E-state index contributed by atoms with van der Waals surface area (Å²) in [5.41, 5.74) is 10.8. The van der Waals surface area contributed by atoms with Gasteiger partial charge in [-0.15, -0.1) is 0 Å². The van der Waals surface area contributed by atoms with Crippen molar-refractivity contribution >= 4 is 0 Å². The highest BCUT2D eigenvalue weighted by Gasteiger charge is 1.98. The standard InChI is InChI=1S/C6H16N2O.C3H8O/c7-4-3-6(8)2-1-5-9;1-2-3-4/h6,9H,1-5,7-8H2;4H,2-3H2,1H3. The fraction of sp³-hybridized carbons (Fsp3) is 1.00. The molecular formula is C9H24N2O2. The van der Waals surface area contributed by atoms with Crippen molar-refractivity contribution in [1.82, 2.24) is 0 Å². The zero-order valence-corrected chi connectivity index (χ0v) is 8.58. The molecule has 1 atom stereocenters. The first-order valence-electron chi connectivity index (χ1n) is 4.90. The largest absolute Gasteiger partial charge is 0.396 e. The van der Waals surface area contributed by atoms with Crippen molar-refractivity contribution in [2.75, 3.05) is 19.8 Å². The summed E-state index contributed by atoms with van der Waals surface area (Å²) >= 11 is 0. The molecule has 0 spiro atoms. The monoisotopic (exact) mass is 192 g/mol. The SMILES string of the molecule is CCCO.NCCC(N)CCCO. The highest BCUT2D eigenvalue weighted by Crippen LogP contribution is 1.95. The van der Waals surface area contributed by atoms with Gasteiger partial charge in [-0.25, -0.2) is 0 Å². The van der Waals surface area contributed by atoms with Crippen molar-refractivity contribution < 1.29 is 10.2 Å². The van der Waals surface area contributed by atoms with Crippen LogP contribution in [0.5, 0.6) is 0 Å². The zero-order valence-electron chi connectivity index (χ0n) is 8.58. The van der Waals surface area contributed by atoms with Gasteiger partial charge in [0.15, 0.2) is 0 Å². The summed E-state index contributed by atoms with van der Waals surface area (Å²) in [5.74, 6) is 0. The van der Waals surface area contributed by atoms with E-state index in [9.17, 15) is 0 Å². The average molecular weight is 192 g/mol. The Morgan fingerprint density at radius 2 is 1.69 bits per heavy atom. The molecule has 0 saturated carbocycles. The topological polar surface area (TPSA) is 92.5 Å².